The lowest BCUT2D eigenvalue weighted by atomic mass is 9.92. The summed E-state index contributed by atoms with van der Waals surface area (Å²) in [5.41, 5.74) is 2.93. The fourth-order valence-electron chi connectivity index (χ4n) is 4.07. The molecule has 2 aromatic rings. The van der Waals surface area contributed by atoms with E-state index in [9.17, 15) is 19.2 Å². The predicted octanol–water partition coefficient (Wildman–Crippen LogP) is 3.80. The molecule has 0 bridgehead atoms. The second-order valence-electron chi connectivity index (χ2n) is 7.56. The van der Waals surface area contributed by atoms with Crippen molar-refractivity contribution in [3.8, 4) is 0 Å². The minimum Gasteiger partial charge on any atom is -0.324 e. The van der Waals surface area contributed by atoms with Crippen molar-refractivity contribution in [2.24, 2.45) is 0 Å². The fourth-order valence-corrected chi connectivity index (χ4v) is 4.31. The SMILES string of the molecule is O=C1CCC(N2Cc3cc(CCC(=O)c4ccccc4Cl)ccc3C2=O)C(=O)C1. The normalized spacial score (nSPS) is 18.9. The molecule has 148 valence electrons. The summed E-state index contributed by atoms with van der Waals surface area (Å²) in [6.07, 6.45) is 1.52. The Balaban J connectivity index is 1.45. The van der Waals surface area contributed by atoms with Gasteiger partial charge in [0.05, 0.1) is 17.5 Å². The number of nitrogens with zero attached hydrogens (tertiary/aromatic N) is 1. The molecule has 1 unspecified atom stereocenters. The second-order valence-corrected chi connectivity index (χ2v) is 7.97. The zero-order valence-corrected chi connectivity index (χ0v) is 16.6. The minimum atomic E-state index is -0.516. The predicted molar refractivity (Wildman–Crippen MR) is 108 cm³/mol. The molecule has 0 N–H and O–H groups in total. The van der Waals surface area contributed by atoms with Gasteiger partial charge in [-0.25, -0.2) is 0 Å². The standard InChI is InChI=1S/C23H20ClNO4/c24-19-4-2-1-3-18(19)21(27)10-6-14-5-8-17-15(11-14)13-25(23(17)29)20-9-7-16(26)12-22(20)28/h1-5,8,11,20H,6-7,9-10,12-13H2. The Labute approximate surface area is 173 Å². The van der Waals surface area contributed by atoms with Gasteiger partial charge >= 0.3 is 0 Å². The summed E-state index contributed by atoms with van der Waals surface area (Å²) >= 11 is 6.09. The maximum absolute atomic E-state index is 12.7. The number of hydrogen-bond donors (Lipinski definition) is 0. The van der Waals surface area contributed by atoms with Gasteiger partial charge in [-0.15, -0.1) is 0 Å². The molecule has 1 amide bonds. The summed E-state index contributed by atoms with van der Waals surface area (Å²) in [5.74, 6) is -0.411. The number of benzene rings is 2. The molecule has 0 saturated heterocycles. The maximum Gasteiger partial charge on any atom is 0.255 e. The van der Waals surface area contributed by atoms with Crippen LogP contribution < -0.4 is 0 Å². The molecule has 1 atom stereocenters. The van der Waals surface area contributed by atoms with Crippen molar-refractivity contribution in [1.29, 1.82) is 0 Å². The number of hydrogen-bond acceptors (Lipinski definition) is 4. The van der Waals surface area contributed by atoms with Crippen LogP contribution in [0.3, 0.4) is 0 Å². The number of aryl methyl sites for hydroxylation is 1. The Morgan fingerprint density at radius 3 is 2.66 bits per heavy atom. The van der Waals surface area contributed by atoms with E-state index in [0.29, 0.717) is 48.4 Å². The number of Topliss-reactive ketones (excluding diaryl/α,β-unsaturated/α-hetero) is 3. The Kier molecular flexibility index (Phi) is 5.33. The van der Waals surface area contributed by atoms with Gasteiger partial charge in [0, 0.05) is 30.5 Å². The smallest absolute Gasteiger partial charge is 0.255 e. The summed E-state index contributed by atoms with van der Waals surface area (Å²) in [5, 5.41) is 0.448. The lowest BCUT2D eigenvalue weighted by Crippen LogP contribution is -2.44. The zero-order chi connectivity index (χ0) is 20.5. The largest absolute Gasteiger partial charge is 0.324 e. The summed E-state index contributed by atoms with van der Waals surface area (Å²) < 4.78 is 0. The number of ketones is 3. The van der Waals surface area contributed by atoms with Gasteiger partial charge in [-0.05, 0) is 42.2 Å². The lowest BCUT2D eigenvalue weighted by Gasteiger charge is -2.29. The van der Waals surface area contributed by atoms with Crippen molar-refractivity contribution >= 4 is 34.9 Å². The second kappa shape index (κ2) is 7.91. The van der Waals surface area contributed by atoms with Crippen LogP contribution in [0.5, 0.6) is 0 Å². The highest BCUT2D eigenvalue weighted by atomic mass is 35.5. The first-order chi connectivity index (χ1) is 13.9. The third-order valence-electron chi connectivity index (χ3n) is 5.63. The molecular formula is C23H20ClNO4. The van der Waals surface area contributed by atoms with E-state index in [-0.39, 0.29) is 29.7 Å². The van der Waals surface area contributed by atoms with Crippen LogP contribution in [-0.2, 0) is 22.6 Å². The van der Waals surface area contributed by atoms with Crippen molar-refractivity contribution < 1.29 is 19.2 Å². The number of rotatable bonds is 5. The molecule has 1 saturated carbocycles. The molecule has 5 nitrogen and oxygen atoms in total. The van der Waals surface area contributed by atoms with Crippen LogP contribution in [0.2, 0.25) is 5.02 Å². The van der Waals surface area contributed by atoms with Crippen LogP contribution in [0.15, 0.2) is 42.5 Å². The van der Waals surface area contributed by atoms with E-state index in [4.69, 9.17) is 11.6 Å². The molecule has 0 aromatic heterocycles. The van der Waals surface area contributed by atoms with E-state index >= 15 is 0 Å². The molecular weight excluding hydrogens is 390 g/mol. The first-order valence-electron chi connectivity index (χ1n) is 9.69. The van der Waals surface area contributed by atoms with Crippen molar-refractivity contribution in [2.75, 3.05) is 0 Å². The number of fused-ring (bicyclic) bond motifs is 1. The number of halogens is 1. The van der Waals surface area contributed by atoms with Crippen LogP contribution in [0, 0.1) is 0 Å². The van der Waals surface area contributed by atoms with Crippen LogP contribution in [0.1, 0.15) is 57.5 Å². The third kappa shape index (κ3) is 3.87. The first kappa shape index (κ1) is 19.5. The molecule has 2 aromatic carbocycles. The first-order valence-corrected chi connectivity index (χ1v) is 10.1. The quantitative estimate of drug-likeness (QED) is 0.556. The topological polar surface area (TPSA) is 71.5 Å². The zero-order valence-electron chi connectivity index (χ0n) is 15.8. The average Bonchev–Trinajstić information content (AvgIpc) is 3.02. The maximum atomic E-state index is 12.7. The van der Waals surface area contributed by atoms with E-state index in [1.807, 2.05) is 12.1 Å². The van der Waals surface area contributed by atoms with Crippen LogP contribution in [0.4, 0.5) is 0 Å². The van der Waals surface area contributed by atoms with Gasteiger partial charge in [-0.1, -0.05) is 35.9 Å². The van der Waals surface area contributed by atoms with Gasteiger partial charge in [0.25, 0.3) is 5.91 Å². The number of carbonyl (C=O) groups excluding carboxylic acids is 4. The molecule has 0 radical (unpaired) electrons. The highest BCUT2D eigenvalue weighted by molar-refractivity contribution is 6.33. The monoisotopic (exact) mass is 409 g/mol. The van der Waals surface area contributed by atoms with Gasteiger partial charge in [0.2, 0.25) is 0 Å². The van der Waals surface area contributed by atoms with Gasteiger partial charge in [0.15, 0.2) is 11.6 Å². The fraction of sp³-hybridized carbons (Fsp3) is 0.304. The molecule has 1 fully saturated rings. The van der Waals surface area contributed by atoms with Crippen molar-refractivity contribution in [1.82, 2.24) is 4.90 Å². The summed E-state index contributed by atoms with van der Waals surface area (Å²) in [6.45, 7) is 0.366. The summed E-state index contributed by atoms with van der Waals surface area (Å²) in [4.78, 5) is 50.5. The van der Waals surface area contributed by atoms with Crippen LogP contribution in [0.25, 0.3) is 0 Å². The Hall–Kier alpha value is -2.79. The van der Waals surface area contributed by atoms with Crippen molar-refractivity contribution in [2.45, 2.75) is 44.7 Å². The van der Waals surface area contributed by atoms with E-state index in [2.05, 4.69) is 0 Å². The van der Waals surface area contributed by atoms with Crippen LogP contribution in [-0.4, -0.2) is 34.2 Å². The van der Waals surface area contributed by atoms with E-state index < -0.39 is 6.04 Å². The summed E-state index contributed by atoms with van der Waals surface area (Å²) in [7, 11) is 0. The molecule has 1 aliphatic heterocycles. The average molecular weight is 410 g/mol. The lowest BCUT2D eigenvalue weighted by molar-refractivity contribution is -0.133. The van der Waals surface area contributed by atoms with Gasteiger partial charge < -0.3 is 4.90 Å². The molecule has 0 spiro atoms. The van der Waals surface area contributed by atoms with Gasteiger partial charge in [-0.3, -0.25) is 19.2 Å². The van der Waals surface area contributed by atoms with Crippen molar-refractivity contribution in [3.63, 3.8) is 0 Å². The molecule has 1 heterocycles. The summed E-state index contributed by atoms with van der Waals surface area (Å²) in [6, 6.07) is 12.0. The highest BCUT2D eigenvalue weighted by Crippen LogP contribution is 2.30. The van der Waals surface area contributed by atoms with E-state index in [1.54, 1.807) is 35.2 Å². The third-order valence-corrected chi connectivity index (χ3v) is 5.96. The van der Waals surface area contributed by atoms with Gasteiger partial charge in [0.1, 0.15) is 5.78 Å². The Morgan fingerprint density at radius 2 is 1.90 bits per heavy atom. The number of carbonyl (C=O) groups is 4. The highest BCUT2D eigenvalue weighted by Gasteiger charge is 2.38. The van der Waals surface area contributed by atoms with E-state index in [0.717, 1.165) is 11.1 Å². The molecule has 6 heteroatoms. The van der Waals surface area contributed by atoms with Gasteiger partial charge in [-0.2, -0.15) is 0 Å². The molecule has 1 aliphatic carbocycles. The number of amides is 1. The Bertz CT molecular complexity index is 1030. The van der Waals surface area contributed by atoms with Crippen LogP contribution >= 0.6 is 11.6 Å². The minimum absolute atomic E-state index is 0.0220. The van der Waals surface area contributed by atoms with E-state index in [1.165, 1.54) is 0 Å². The van der Waals surface area contributed by atoms with Crippen molar-refractivity contribution in [3.05, 3.63) is 69.7 Å². The Morgan fingerprint density at radius 1 is 1.10 bits per heavy atom. The molecule has 2 aliphatic rings. The molecule has 4 rings (SSSR count). The molecule has 29 heavy (non-hydrogen) atoms.